The quantitative estimate of drug-likeness (QED) is 0.827. The maximum absolute atomic E-state index is 9.23. The Morgan fingerprint density at radius 3 is 2.89 bits per heavy atom. The van der Waals surface area contributed by atoms with Gasteiger partial charge in [-0.2, -0.15) is 10.4 Å². The maximum atomic E-state index is 9.23. The summed E-state index contributed by atoms with van der Waals surface area (Å²) in [6, 6.07) is 6.02. The van der Waals surface area contributed by atoms with Gasteiger partial charge in [-0.1, -0.05) is 0 Å². The first-order chi connectivity index (χ1) is 8.67. The minimum atomic E-state index is 0.630. The third-order valence-electron chi connectivity index (χ3n) is 2.91. The van der Waals surface area contributed by atoms with Gasteiger partial charge in [0.25, 0.3) is 0 Å². The Balaban J connectivity index is 2.36. The first-order valence-corrected chi connectivity index (χ1v) is 5.88. The van der Waals surface area contributed by atoms with Crippen LogP contribution in [-0.2, 0) is 13.6 Å². The van der Waals surface area contributed by atoms with Crippen molar-refractivity contribution in [3.05, 3.63) is 35.4 Å². The SMILES string of the molecule is CCN(Cc1ccco1)c1c(C#N)c(C)nn1C. The molecule has 0 amide bonds. The van der Waals surface area contributed by atoms with Crippen molar-refractivity contribution < 1.29 is 4.42 Å². The Labute approximate surface area is 106 Å². The van der Waals surface area contributed by atoms with Crippen molar-refractivity contribution in [2.24, 2.45) is 7.05 Å². The van der Waals surface area contributed by atoms with Crippen molar-refractivity contribution in [2.45, 2.75) is 20.4 Å². The molecule has 18 heavy (non-hydrogen) atoms. The lowest BCUT2D eigenvalue weighted by Crippen LogP contribution is -2.25. The number of nitrogens with zero attached hydrogens (tertiary/aromatic N) is 4. The Hall–Kier alpha value is -2.22. The molecule has 0 spiro atoms. The Bertz CT molecular complexity index is 563. The van der Waals surface area contributed by atoms with E-state index in [-0.39, 0.29) is 0 Å². The fourth-order valence-electron chi connectivity index (χ4n) is 2.07. The minimum Gasteiger partial charge on any atom is -0.467 e. The van der Waals surface area contributed by atoms with Gasteiger partial charge in [0.15, 0.2) is 0 Å². The van der Waals surface area contributed by atoms with E-state index < -0.39 is 0 Å². The van der Waals surface area contributed by atoms with Gasteiger partial charge in [-0.25, -0.2) is 0 Å². The van der Waals surface area contributed by atoms with Crippen LogP contribution in [0.25, 0.3) is 0 Å². The molecule has 5 heteroatoms. The summed E-state index contributed by atoms with van der Waals surface area (Å²) in [6.07, 6.45) is 1.66. The standard InChI is InChI=1S/C13H16N4O/c1-4-17(9-11-6-5-7-18-11)13-12(8-14)10(2)15-16(13)3/h5-7H,4,9H2,1-3H3. The van der Waals surface area contributed by atoms with Crippen LogP contribution in [0.1, 0.15) is 23.9 Å². The molecule has 0 N–H and O–H groups in total. The number of furan rings is 1. The first kappa shape index (κ1) is 12.2. The van der Waals surface area contributed by atoms with Crippen molar-refractivity contribution in [3.8, 4) is 6.07 Å². The summed E-state index contributed by atoms with van der Waals surface area (Å²) in [5.74, 6) is 1.72. The fraction of sp³-hybridized carbons (Fsp3) is 0.385. The predicted octanol–water partition coefficient (Wildman–Crippen LogP) is 2.22. The van der Waals surface area contributed by atoms with Crippen LogP contribution in [0.15, 0.2) is 22.8 Å². The predicted molar refractivity (Wildman–Crippen MR) is 68.1 cm³/mol. The van der Waals surface area contributed by atoms with Crippen LogP contribution >= 0.6 is 0 Å². The highest BCUT2D eigenvalue weighted by Gasteiger charge is 2.19. The molecule has 0 unspecified atom stereocenters. The molecule has 0 saturated heterocycles. The van der Waals surface area contributed by atoms with Gasteiger partial charge >= 0.3 is 0 Å². The first-order valence-electron chi connectivity index (χ1n) is 5.88. The summed E-state index contributed by atoms with van der Waals surface area (Å²) >= 11 is 0. The Morgan fingerprint density at radius 1 is 1.56 bits per heavy atom. The number of hydrogen-bond acceptors (Lipinski definition) is 4. The van der Waals surface area contributed by atoms with Gasteiger partial charge in [0.1, 0.15) is 23.2 Å². The summed E-state index contributed by atoms with van der Waals surface area (Å²) in [4.78, 5) is 2.08. The molecule has 0 saturated carbocycles. The van der Waals surface area contributed by atoms with E-state index in [0.717, 1.165) is 23.8 Å². The van der Waals surface area contributed by atoms with E-state index in [9.17, 15) is 5.26 Å². The zero-order chi connectivity index (χ0) is 13.1. The fourth-order valence-corrected chi connectivity index (χ4v) is 2.07. The van der Waals surface area contributed by atoms with Crippen LogP contribution < -0.4 is 4.90 Å². The summed E-state index contributed by atoms with van der Waals surface area (Å²) in [5, 5.41) is 13.5. The lowest BCUT2D eigenvalue weighted by molar-refractivity contribution is 0.501. The molecule has 0 fully saturated rings. The van der Waals surface area contributed by atoms with Gasteiger partial charge < -0.3 is 9.32 Å². The molecule has 0 aliphatic rings. The molecule has 0 radical (unpaired) electrons. The van der Waals surface area contributed by atoms with E-state index in [2.05, 4.69) is 16.1 Å². The molecule has 5 nitrogen and oxygen atoms in total. The number of hydrogen-bond donors (Lipinski definition) is 0. The van der Waals surface area contributed by atoms with Gasteiger partial charge in [-0.3, -0.25) is 4.68 Å². The Morgan fingerprint density at radius 2 is 2.33 bits per heavy atom. The highest BCUT2D eigenvalue weighted by molar-refractivity contribution is 5.56. The molecular formula is C13H16N4O. The molecule has 2 aromatic heterocycles. The molecule has 0 atom stereocenters. The van der Waals surface area contributed by atoms with Gasteiger partial charge in [0.2, 0.25) is 0 Å². The van der Waals surface area contributed by atoms with Crippen molar-refractivity contribution >= 4 is 5.82 Å². The summed E-state index contributed by atoms with van der Waals surface area (Å²) in [5.41, 5.74) is 1.39. The number of aryl methyl sites for hydroxylation is 2. The average molecular weight is 244 g/mol. The topological polar surface area (TPSA) is 58.0 Å². The largest absolute Gasteiger partial charge is 0.467 e. The van der Waals surface area contributed by atoms with Crippen molar-refractivity contribution in [2.75, 3.05) is 11.4 Å². The third kappa shape index (κ3) is 2.09. The number of aromatic nitrogens is 2. The molecule has 0 aromatic carbocycles. The van der Waals surface area contributed by atoms with Gasteiger partial charge in [0, 0.05) is 13.6 Å². The van der Waals surface area contributed by atoms with E-state index in [1.807, 2.05) is 33.0 Å². The lowest BCUT2D eigenvalue weighted by Gasteiger charge is -2.22. The maximum Gasteiger partial charge on any atom is 0.145 e. The second kappa shape index (κ2) is 4.96. The molecule has 2 aromatic rings. The van der Waals surface area contributed by atoms with Crippen molar-refractivity contribution in [3.63, 3.8) is 0 Å². The molecule has 0 bridgehead atoms. The average Bonchev–Trinajstić information content (AvgIpc) is 2.94. The second-order valence-electron chi connectivity index (χ2n) is 4.11. The number of nitriles is 1. The number of rotatable bonds is 4. The molecule has 0 aliphatic carbocycles. The van der Waals surface area contributed by atoms with Crippen LogP contribution in [0.5, 0.6) is 0 Å². The van der Waals surface area contributed by atoms with E-state index in [4.69, 9.17) is 4.42 Å². The summed E-state index contributed by atoms with van der Waals surface area (Å²) < 4.78 is 7.10. The zero-order valence-corrected chi connectivity index (χ0v) is 10.8. The van der Waals surface area contributed by atoms with Crippen molar-refractivity contribution in [1.82, 2.24) is 9.78 Å². The van der Waals surface area contributed by atoms with E-state index in [1.165, 1.54) is 0 Å². The normalized spacial score (nSPS) is 10.3. The van der Waals surface area contributed by atoms with E-state index in [0.29, 0.717) is 12.1 Å². The molecule has 0 aliphatic heterocycles. The minimum absolute atomic E-state index is 0.630. The van der Waals surface area contributed by atoms with Crippen LogP contribution in [0.4, 0.5) is 5.82 Å². The summed E-state index contributed by atoms with van der Waals surface area (Å²) in [6.45, 7) is 5.32. The van der Waals surface area contributed by atoms with Crippen LogP contribution in [0.2, 0.25) is 0 Å². The van der Waals surface area contributed by atoms with Gasteiger partial charge in [0.05, 0.1) is 18.5 Å². The highest BCUT2D eigenvalue weighted by atomic mass is 16.3. The molecular weight excluding hydrogens is 228 g/mol. The van der Waals surface area contributed by atoms with Crippen molar-refractivity contribution in [1.29, 1.82) is 5.26 Å². The third-order valence-corrected chi connectivity index (χ3v) is 2.91. The van der Waals surface area contributed by atoms with Crippen LogP contribution in [-0.4, -0.2) is 16.3 Å². The molecule has 94 valence electrons. The second-order valence-corrected chi connectivity index (χ2v) is 4.11. The van der Waals surface area contributed by atoms with Gasteiger partial charge in [-0.05, 0) is 26.0 Å². The zero-order valence-electron chi connectivity index (χ0n) is 10.8. The molecule has 2 rings (SSSR count). The number of anilines is 1. The van der Waals surface area contributed by atoms with Crippen LogP contribution in [0.3, 0.4) is 0 Å². The lowest BCUT2D eigenvalue weighted by atomic mass is 10.2. The highest BCUT2D eigenvalue weighted by Crippen LogP contribution is 2.23. The monoisotopic (exact) mass is 244 g/mol. The molecule has 2 heterocycles. The van der Waals surface area contributed by atoms with E-state index in [1.54, 1.807) is 10.9 Å². The van der Waals surface area contributed by atoms with E-state index >= 15 is 0 Å². The smallest absolute Gasteiger partial charge is 0.145 e. The van der Waals surface area contributed by atoms with Gasteiger partial charge in [-0.15, -0.1) is 0 Å². The Kier molecular flexibility index (Phi) is 3.38. The van der Waals surface area contributed by atoms with Crippen LogP contribution in [0, 0.1) is 18.3 Å². The summed E-state index contributed by atoms with van der Waals surface area (Å²) in [7, 11) is 1.86.